The van der Waals surface area contributed by atoms with Gasteiger partial charge in [0.15, 0.2) is 0 Å². The largest absolute Gasteiger partial charge is 0.481 e. The molecule has 1 aliphatic heterocycles. The number of carboxylic acid groups (broad SMARTS) is 1. The van der Waals surface area contributed by atoms with Gasteiger partial charge in [-0.2, -0.15) is 0 Å². The van der Waals surface area contributed by atoms with Crippen LogP contribution in [0.4, 0.5) is 4.79 Å². The van der Waals surface area contributed by atoms with Crippen LogP contribution in [0.5, 0.6) is 0 Å². The van der Waals surface area contributed by atoms with E-state index in [1.807, 2.05) is 11.8 Å². The Morgan fingerprint density at radius 1 is 1.35 bits per heavy atom. The first-order valence-electron chi connectivity index (χ1n) is 7.63. The first-order valence-corrected chi connectivity index (χ1v) is 7.63. The summed E-state index contributed by atoms with van der Waals surface area (Å²) >= 11 is 0. The molecule has 116 valence electrons. The van der Waals surface area contributed by atoms with Gasteiger partial charge in [-0.1, -0.05) is 20.3 Å². The normalized spacial score (nSPS) is 19.4. The Hall–Kier alpha value is -1.26. The molecular formula is C15H28N2O3. The zero-order valence-corrected chi connectivity index (χ0v) is 12.9. The molecule has 1 rings (SSSR count). The number of likely N-dealkylation sites (tertiary alicyclic amines) is 1. The molecule has 1 fully saturated rings. The van der Waals surface area contributed by atoms with Crippen molar-refractivity contribution >= 4 is 12.0 Å². The third-order valence-electron chi connectivity index (χ3n) is 4.51. The Bertz CT molecular complexity index is 336. The highest BCUT2D eigenvalue weighted by molar-refractivity contribution is 5.74. The van der Waals surface area contributed by atoms with Gasteiger partial charge in [-0.25, -0.2) is 4.79 Å². The van der Waals surface area contributed by atoms with Crippen LogP contribution in [0.15, 0.2) is 0 Å². The second-order valence-electron chi connectivity index (χ2n) is 6.29. The fourth-order valence-electron chi connectivity index (χ4n) is 2.54. The molecule has 5 nitrogen and oxygen atoms in total. The molecule has 1 unspecified atom stereocenters. The molecule has 0 spiro atoms. The number of carbonyl (C=O) groups is 2. The van der Waals surface area contributed by atoms with Crippen molar-refractivity contribution in [3.8, 4) is 0 Å². The van der Waals surface area contributed by atoms with Crippen molar-refractivity contribution in [2.24, 2.45) is 5.41 Å². The molecule has 2 N–H and O–H groups in total. The smallest absolute Gasteiger partial charge is 0.317 e. The maximum atomic E-state index is 12.1. The molecule has 5 heteroatoms. The van der Waals surface area contributed by atoms with E-state index in [2.05, 4.69) is 19.2 Å². The van der Waals surface area contributed by atoms with Gasteiger partial charge in [-0.15, -0.1) is 0 Å². The van der Waals surface area contributed by atoms with Gasteiger partial charge in [0, 0.05) is 25.6 Å². The van der Waals surface area contributed by atoms with Gasteiger partial charge in [0.2, 0.25) is 0 Å². The Morgan fingerprint density at radius 2 is 1.95 bits per heavy atom. The number of hydrogen-bond acceptors (Lipinski definition) is 2. The van der Waals surface area contributed by atoms with Crippen molar-refractivity contribution < 1.29 is 14.7 Å². The molecule has 20 heavy (non-hydrogen) atoms. The van der Waals surface area contributed by atoms with E-state index in [-0.39, 0.29) is 18.5 Å². The van der Waals surface area contributed by atoms with Crippen LogP contribution in [0, 0.1) is 5.41 Å². The van der Waals surface area contributed by atoms with E-state index in [4.69, 9.17) is 5.11 Å². The topological polar surface area (TPSA) is 69.6 Å². The van der Waals surface area contributed by atoms with Crippen molar-refractivity contribution in [3.63, 3.8) is 0 Å². The summed E-state index contributed by atoms with van der Waals surface area (Å²) in [5.41, 5.74) is 0.379. The van der Waals surface area contributed by atoms with Crippen molar-refractivity contribution in [2.45, 2.75) is 65.3 Å². The predicted molar refractivity (Wildman–Crippen MR) is 78.7 cm³/mol. The number of carbonyl (C=O) groups excluding carboxylic acids is 1. The lowest BCUT2D eigenvalue weighted by Crippen LogP contribution is -2.48. The van der Waals surface area contributed by atoms with Crippen LogP contribution < -0.4 is 5.32 Å². The highest BCUT2D eigenvalue weighted by Crippen LogP contribution is 2.33. The van der Waals surface area contributed by atoms with E-state index >= 15 is 0 Å². The van der Waals surface area contributed by atoms with Gasteiger partial charge >= 0.3 is 12.0 Å². The molecule has 1 aliphatic rings. The monoisotopic (exact) mass is 284 g/mol. The fourth-order valence-corrected chi connectivity index (χ4v) is 2.54. The molecule has 0 aliphatic carbocycles. The summed E-state index contributed by atoms with van der Waals surface area (Å²) in [6.45, 7) is 8.06. The number of carboxylic acids is 1. The Balaban J connectivity index is 2.28. The average Bonchev–Trinajstić information content (AvgIpc) is 2.39. The minimum Gasteiger partial charge on any atom is -0.481 e. The molecule has 1 atom stereocenters. The minimum atomic E-state index is -0.779. The minimum absolute atomic E-state index is 0.00835. The number of nitrogens with one attached hydrogen (secondary N) is 1. The summed E-state index contributed by atoms with van der Waals surface area (Å²) in [5.74, 6) is -0.779. The average molecular weight is 284 g/mol. The van der Waals surface area contributed by atoms with Gasteiger partial charge in [0.1, 0.15) is 0 Å². The second-order valence-corrected chi connectivity index (χ2v) is 6.29. The lowest BCUT2D eigenvalue weighted by molar-refractivity contribution is -0.137. The Kier molecular flexibility index (Phi) is 6.30. The fraction of sp³-hybridized carbons (Fsp3) is 0.867. The summed E-state index contributed by atoms with van der Waals surface area (Å²) in [5, 5.41) is 11.6. The molecule has 1 saturated heterocycles. The Labute approximate surface area is 121 Å². The van der Waals surface area contributed by atoms with Crippen LogP contribution in [0.3, 0.4) is 0 Å². The lowest BCUT2D eigenvalue weighted by Gasteiger charge is -2.39. The number of nitrogens with zero attached hydrogens (tertiary/aromatic N) is 1. The SMILES string of the molecule is CCC1(C)CCN(C(=O)NC(C)CCCC(=O)O)CC1. The van der Waals surface area contributed by atoms with E-state index in [1.165, 1.54) is 0 Å². The first-order chi connectivity index (χ1) is 9.36. The van der Waals surface area contributed by atoms with Crippen molar-refractivity contribution in [2.75, 3.05) is 13.1 Å². The van der Waals surface area contributed by atoms with Crippen LogP contribution in [0.2, 0.25) is 0 Å². The number of rotatable bonds is 6. The van der Waals surface area contributed by atoms with Crippen LogP contribution >= 0.6 is 0 Å². The van der Waals surface area contributed by atoms with Crippen LogP contribution in [-0.2, 0) is 4.79 Å². The van der Waals surface area contributed by atoms with Crippen molar-refractivity contribution in [1.29, 1.82) is 0 Å². The summed E-state index contributed by atoms with van der Waals surface area (Å²) in [6.07, 6.45) is 4.75. The van der Waals surface area contributed by atoms with E-state index in [9.17, 15) is 9.59 Å². The van der Waals surface area contributed by atoms with Crippen molar-refractivity contribution in [3.05, 3.63) is 0 Å². The number of amides is 2. The molecule has 0 aromatic carbocycles. The van der Waals surface area contributed by atoms with Gasteiger partial charge in [-0.05, 0) is 38.0 Å². The van der Waals surface area contributed by atoms with E-state index < -0.39 is 5.97 Å². The standard InChI is InChI=1S/C15H28N2O3/c1-4-15(3)8-10-17(11-9-15)14(20)16-12(2)6-5-7-13(18)19/h12H,4-11H2,1-3H3,(H,16,20)(H,18,19). The lowest BCUT2D eigenvalue weighted by atomic mass is 9.78. The maximum Gasteiger partial charge on any atom is 0.317 e. The molecule has 0 bridgehead atoms. The maximum absolute atomic E-state index is 12.1. The number of piperidine rings is 1. The number of hydrogen-bond donors (Lipinski definition) is 2. The van der Waals surface area contributed by atoms with Crippen LogP contribution in [-0.4, -0.2) is 41.1 Å². The van der Waals surface area contributed by atoms with Gasteiger partial charge in [0.25, 0.3) is 0 Å². The summed E-state index contributed by atoms with van der Waals surface area (Å²) in [4.78, 5) is 24.4. The zero-order valence-electron chi connectivity index (χ0n) is 12.9. The first kappa shape index (κ1) is 16.8. The Morgan fingerprint density at radius 3 is 2.45 bits per heavy atom. The third kappa shape index (κ3) is 5.39. The molecule has 0 saturated carbocycles. The number of aliphatic carboxylic acids is 1. The molecule has 2 amide bonds. The summed E-state index contributed by atoms with van der Waals surface area (Å²) in [7, 11) is 0. The number of urea groups is 1. The molecule has 0 radical (unpaired) electrons. The zero-order chi connectivity index (χ0) is 15.2. The predicted octanol–water partition coefficient (Wildman–Crippen LogP) is 2.85. The van der Waals surface area contributed by atoms with Crippen molar-refractivity contribution in [1.82, 2.24) is 10.2 Å². The van der Waals surface area contributed by atoms with Gasteiger partial charge in [-0.3, -0.25) is 4.79 Å². The summed E-state index contributed by atoms with van der Waals surface area (Å²) in [6, 6.07) is 0.0207. The molecular weight excluding hydrogens is 256 g/mol. The quantitative estimate of drug-likeness (QED) is 0.788. The summed E-state index contributed by atoms with van der Waals surface area (Å²) < 4.78 is 0. The highest BCUT2D eigenvalue weighted by atomic mass is 16.4. The highest BCUT2D eigenvalue weighted by Gasteiger charge is 2.30. The molecule has 0 aromatic heterocycles. The van der Waals surface area contributed by atoms with Gasteiger partial charge < -0.3 is 15.3 Å². The molecule has 0 aromatic rings. The van der Waals surface area contributed by atoms with E-state index in [0.29, 0.717) is 18.3 Å². The third-order valence-corrected chi connectivity index (χ3v) is 4.51. The van der Waals surface area contributed by atoms with E-state index in [0.717, 1.165) is 32.4 Å². The van der Waals surface area contributed by atoms with Crippen LogP contribution in [0.25, 0.3) is 0 Å². The van der Waals surface area contributed by atoms with Gasteiger partial charge in [0.05, 0.1) is 0 Å². The molecule has 1 heterocycles. The second kappa shape index (κ2) is 7.50. The van der Waals surface area contributed by atoms with Crippen LogP contribution in [0.1, 0.15) is 59.3 Å². The van der Waals surface area contributed by atoms with E-state index in [1.54, 1.807) is 0 Å².